The predicted octanol–water partition coefficient (Wildman–Crippen LogP) is 2.52. The molecule has 1 aliphatic carbocycles. The van der Waals surface area contributed by atoms with Gasteiger partial charge in [0.25, 0.3) is 0 Å². The Morgan fingerprint density at radius 1 is 1.41 bits per heavy atom. The molecule has 0 heterocycles. The van der Waals surface area contributed by atoms with E-state index in [1.54, 1.807) is 0 Å². The van der Waals surface area contributed by atoms with Crippen LogP contribution in [0.2, 0.25) is 0 Å². The number of nitriles is 1. The minimum Gasteiger partial charge on any atom is -0.314 e. The van der Waals surface area contributed by atoms with Crippen molar-refractivity contribution in [1.82, 2.24) is 4.90 Å². The maximum atomic E-state index is 8.83. The van der Waals surface area contributed by atoms with Crippen LogP contribution in [0.5, 0.6) is 0 Å². The number of nitrogens with zero attached hydrogens (tertiary/aromatic N) is 2. The van der Waals surface area contributed by atoms with Gasteiger partial charge in [-0.25, -0.2) is 0 Å². The smallest absolute Gasteiger partial charge is 0.101 e. The Bertz CT molecular complexity index is 261. The van der Waals surface area contributed by atoms with E-state index in [-0.39, 0.29) is 0 Å². The van der Waals surface area contributed by atoms with Crippen molar-refractivity contribution >= 4 is 0 Å². The fourth-order valence-electron chi connectivity index (χ4n) is 2.19. The summed E-state index contributed by atoms with van der Waals surface area (Å²) in [5.41, 5.74) is 5.17. The monoisotopic (exact) mass is 237 g/mol. The molecule has 0 radical (unpaired) electrons. The van der Waals surface area contributed by atoms with Crippen LogP contribution in [0.3, 0.4) is 0 Å². The molecular formula is C14H27N3. The van der Waals surface area contributed by atoms with Crippen LogP contribution in [0.25, 0.3) is 0 Å². The van der Waals surface area contributed by atoms with Crippen LogP contribution >= 0.6 is 0 Å². The number of hydrogen-bond acceptors (Lipinski definition) is 3. The molecule has 0 bridgehead atoms. The Hall–Kier alpha value is -0.590. The van der Waals surface area contributed by atoms with Crippen LogP contribution < -0.4 is 5.73 Å². The first-order valence-electron chi connectivity index (χ1n) is 6.89. The Morgan fingerprint density at radius 3 is 2.53 bits per heavy atom. The van der Waals surface area contributed by atoms with Gasteiger partial charge in [0.05, 0.1) is 6.07 Å². The lowest BCUT2D eigenvalue weighted by Crippen LogP contribution is -2.34. The second-order valence-electron chi connectivity index (χ2n) is 6.11. The normalized spacial score (nSPS) is 19.4. The Labute approximate surface area is 106 Å². The van der Waals surface area contributed by atoms with Gasteiger partial charge in [0.1, 0.15) is 5.54 Å². The molecule has 17 heavy (non-hydrogen) atoms. The lowest BCUT2D eigenvalue weighted by Gasteiger charge is -2.24. The van der Waals surface area contributed by atoms with E-state index >= 15 is 0 Å². The van der Waals surface area contributed by atoms with Crippen molar-refractivity contribution < 1.29 is 0 Å². The maximum absolute atomic E-state index is 8.83. The van der Waals surface area contributed by atoms with Gasteiger partial charge in [0.15, 0.2) is 0 Å². The van der Waals surface area contributed by atoms with Crippen LogP contribution in [-0.4, -0.2) is 29.6 Å². The minimum absolute atomic E-state index is 0.636. The summed E-state index contributed by atoms with van der Waals surface area (Å²) in [4.78, 5) is 2.62. The van der Waals surface area contributed by atoms with Gasteiger partial charge in [-0.3, -0.25) is 0 Å². The molecule has 1 saturated carbocycles. The number of hydrogen-bond donors (Lipinski definition) is 1. The van der Waals surface area contributed by atoms with Crippen molar-refractivity contribution in [3.05, 3.63) is 0 Å². The predicted molar refractivity (Wildman–Crippen MR) is 71.5 cm³/mol. The quantitative estimate of drug-likeness (QED) is 0.660. The fraction of sp³-hybridized carbons (Fsp3) is 0.929. The first-order chi connectivity index (χ1) is 7.94. The van der Waals surface area contributed by atoms with E-state index in [2.05, 4.69) is 24.8 Å². The number of nitrogens with two attached hydrogens (primary N) is 1. The third-order valence-electron chi connectivity index (χ3n) is 3.31. The summed E-state index contributed by atoms with van der Waals surface area (Å²) in [6, 6.07) is 3.01. The number of unbranched alkanes of at least 4 members (excludes halogenated alkanes) is 1. The third kappa shape index (κ3) is 6.05. The molecule has 0 amide bonds. The average molecular weight is 237 g/mol. The largest absolute Gasteiger partial charge is 0.314 e. The van der Waals surface area contributed by atoms with Gasteiger partial charge < -0.3 is 10.6 Å². The third-order valence-corrected chi connectivity index (χ3v) is 3.31. The molecule has 1 aliphatic rings. The Kier molecular flexibility index (Phi) is 5.42. The van der Waals surface area contributed by atoms with Gasteiger partial charge in [0.2, 0.25) is 0 Å². The standard InChI is InChI=1S/C14H27N3/c1-12(2)10-17(13-6-7-13)9-5-4-8-14(3,16)11-15/h12-13H,4-10,16H2,1-3H3. The zero-order chi connectivity index (χ0) is 12.9. The van der Waals surface area contributed by atoms with E-state index in [0.717, 1.165) is 31.2 Å². The molecule has 0 aliphatic heterocycles. The van der Waals surface area contributed by atoms with E-state index in [1.165, 1.54) is 25.9 Å². The molecule has 1 atom stereocenters. The topological polar surface area (TPSA) is 53.0 Å². The van der Waals surface area contributed by atoms with Gasteiger partial charge >= 0.3 is 0 Å². The van der Waals surface area contributed by atoms with Gasteiger partial charge in [-0.05, 0) is 51.5 Å². The van der Waals surface area contributed by atoms with Gasteiger partial charge in [0, 0.05) is 12.6 Å². The summed E-state index contributed by atoms with van der Waals surface area (Å²) in [5, 5.41) is 8.83. The van der Waals surface area contributed by atoms with Crippen LogP contribution in [0.1, 0.15) is 52.9 Å². The zero-order valence-corrected chi connectivity index (χ0v) is 11.6. The molecule has 0 aromatic heterocycles. The summed E-state index contributed by atoms with van der Waals surface area (Å²) in [6.45, 7) is 8.76. The average Bonchev–Trinajstić information content (AvgIpc) is 3.06. The highest BCUT2D eigenvalue weighted by Crippen LogP contribution is 2.28. The second kappa shape index (κ2) is 6.37. The first-order valence-corrected chi connectivity index (χ1v) is 6.89. The molecule has 1 rings (SSSR count). The Morgan fingerprint density at radius 2 is 2.06 bits per heavy atom. The van der Waals surface area contributed by atoms with Crippen molar-refractivity contribution in [2.75, 3.05) is 13.1 Å². The van der Waals surface area contributed by atoms with Gasteiger partial charge in [-0.15, -0.1) is 0 Å². The van der Waals surface area contributed by atoms with Crippen molar-refractivity contribution in [3.63, 3.8) is 0 Å². The van der Waals surface area contributed by atoms with Gasteiger partial charge in [-0.1, -0.05) is 13.8 Å². The summed E-state index contributed by atoms with van der Waals surface area (Å²) >= 11 is 0. The molecular weight excluding hydrogens is 210 g/mol. The van der Waals surface area contributed by atoms with Crippen LogP contribution in [0.4, 0.5) is 0 Å². The zero-order valence-electron chi connectivity index (χ0n) is 11.6. The second-order valence-corrected chi connectivity index (χ2v) is 6.11. The molecule has 0 saturated heterocycles. The molecule has 1 unspecified atom stereocenters. The van der Waals surface area contributed by atoms with E-state index in [1.807, 2.05) is 6.92 Å². The van der Waals surface area contributed by atoms with Crippen LogP contribution in [0, 0.1) is 17.2 Å². The first kappa shape index (κ1) is 14.5. The van der Waals surface area contributed by atoms with E-state index in [9.17, 15) is 0 Å². The molecule has 0 aromatic rings. The van der Waals surface area contributed by atoms with E-state index in [4.69, 9.17) is 11.0 Å². The summed E-state index contributed by atoms with van der Waals surface area (Å²) in [5.74, 6) is 0.745. The molecule has 3 nitrogen and oxygen atoms in total. The van der Waals surface area contributed by atoms with Crippen molar-refractivity contribution in [2.45, 2.75) is 64.5 Å². The lowest BCUT2D eigenvalue weighted by molar-refractivity contribution is 0.228. The number of rotatable bonds is 8. The van der Waals surface area contributed by atoms with E-state index in [0.29, 0.717) is 0 Å². The molecule has 2 N–H and O–H groups in total. The summed E-state index contributed by atoms with van der Waals surface area (Å²) < 4.78 is 0. The molecule has 0 spiro atoms. The van der Waals surface area contributed by atoms with Crippen LogP contribution in [-0.2, 0) is 0 Å². The SMILES string of the molecule is CC(C)CN(CCCCC(C)(N)C#N)C1CC1. The highest BCUT2D eigenvalue weighted by molar-refractivity contribution is 5.00. The van der Waals surface area contributed by atoms with Crippen LogP contribution in [0.15, 0.2) is 0 Å². The van der Waals surface area contributed by atoms with Crippen molar-refractivity contribution in [2.24, 2.45) is 11.7 Å². The van der Waals surface area contributed by atoms with E-state index < -0.39 is 5.54 Å². The minimum atomic E-state index is -0.636. The highest BCUT2D eigenvalue weighted by atomic mass is 15.2. The lowest BCUT2D eigenvalue weighted by atomic mass is 9.98. The molecule has 98 valence electrons. The molecule has 3 heteroatoms. The summed E-state index contributed by atoms with van der Waals surface area (Å²) in [7, 11) is 0. The maximum Gasteiger partial charge on any atom is 0.101 e. The Balaban J connectivity index is 2.17. The molecule has 0 aromatic carbocycles. The van der Waals surface area contributed by atoms with Gasteiger partial charge in [-0.2, -0.15) is 5.26 Å². The summed E-state index contributed by atoms with van der Waals surface area (Å²) in [6.07, 6.45) is 5.78. The highest BCUT2D eigenvalue weighted by Gasteiger charge is 2.28. The van der Waals surface area contributed by atoms with Crippen molar-refractivity contribution in [3.8, 4) is 6.07 Å². The van der Waals surface area contributed by atoms with Crippen molar-refractivity contribution in [1.29, 1.82) is 5.26 Å². The molecule has 1 fully saturated rings. The fourth-order valence-corrected chi connectivity index (χ4v) is 2.19.